The van der Waals surface area contributed by atoms with Crippen LogP contribution in [0, 0.1) is 17.0 Å². The maximum Gasteiger partial charge on any atom is 0.412 e. The van der Waals surface area contributed by atoms with Gasteiger partial charge in [-0.25, -0.2) is 4.79 Å². The molecule has 1 spiro atoms. The minimum atomic E-state index is -1.36. The summed E-state index contributed by atoms with van der Waals surface area (Å²) in [5.41, 5.74) is 0.452. The van der Waals surface area contributed by atoms with Gasteiger partial charge >= 0.3 is 6.09 Å². The van der Waals surface area contributed by atoms with E-state index >= 15 is 0 Å². The van der Waals surface area contributed by atoms with Gasteiger partial charge in [0.1, 0.15) is 0 Å². The zero-order chi connectivity index (χ0) is 20.1. The predicted octanol–water partition coefficient (Wildman–Crippen LogP) is 3.79. The average Bonchev–Trinajstić information content (AvgIpc) is 3.04. The van der Waals surface area contributed by atoms with Crippen molar-refractivity contribution in [2.24, 2.45) is 0 Å². The van der Waals surface area contributed by atoms with Crippen molar-refractivity contribution in [3.05, 3.63) is 39.6 Å². The first-order valence-corrected chi connectivity index (χ1v) is 9.74. The Balaban J connectivity index is 1.60. The molecule has 4 rings (SSSR count). The van der Waals surface area contributed by atoms with Gasteiger partial charge < -0.3 is 14.8 Å². The number of aromatic nitrogens is 1. The third-order valence-electron chi connectivity index (χ3n) is 6.45. The van der Waals surface area contributed by atoms with E-state index in [1.54, 1.807) is 19.1 Å². The smallest absolute Gasteiger partial charge is 0.412 e. The van der Waals surface area contributed by atoms with Crippen LogP contribution in [-0.2, 0) is 11.2 Å². The Morgan fingerprint density at radius 3 is 2.71 bits per heavy atom. The van der Waals surface area contributed by atoms with Gasteiger partial charge in [0.25, 0.3) is 5.69 Å². The van der Waals surface area contributed by atoms with E-state index in [-0.39, 0.29) is 12.2 Å². The summed E-state index contributed by atoms with van der Waals surface area (Å²) >= 11 is 0. The van der Waals surface area contributed by atoms with Crippen molar-refractivity contribution in [1.82, 2.24) is 9.88 Å². The van der Waals surface area contributed by atoms with E-state index < -0.39 is 22.3 Å². The number of aliphatic hydroxyl groups is 1. The molecule has 1 aliphatic carbocycles. The molecule has 1 saturated heterocycles. The number of ether oxygens (including phenoxy) is 1. The van der Waals surface area contributed by atoms with Gasteiger partial charge in [-0.05, 0) is 57.6 Å². The van der Waals surface area contributed by atoms with Gasteiger partial charge in [-0.1, -0.05) is 6.42 Å². The van der Waals surface area contributed by atoms with Crippen molar-refractivity contribution < 1.29 is 19.6 Å². The monoisotopic (exact) mass is 387 g/mol. The SMILES string of the molecule is Cc1[nH]c2ccc([N+](=O)[O-])cc2c1CCN1C(=O)OC2(CCCCC2)[C@]1(C)O. The van der Waals surface area contributed by atoms with Crippen molar-refractivity contribution in [2.75, 3.05) is 6.54 Å². The number of aromatic amines is 1. The molecule has 1 aliphatic heterocycles. The average molecular weight is 387 g/mol. The maximum atomic E-state index is 12.6. The Labute approximate surface area is 162 Å². The van der Waals surface area contributed by atoms with Crippen LogP contribution in [-0.4, -0.2) is 43.9 Å². The minimum Gasteiger partial charge on any atom is -0.438 e. The van der Waals surface area contributed by atoms with Crippen LogP contribution in [0.5, 0.6) is 0 Å². The largest absolute Gasteiger partial charge is 0.438 e. The Bertz CT molecular complexity index is 943. The van der Waals surface area contributed by atoms with Crippen molar-refractivity contribution in [3.8, 4) is 0 Å². The minimum absolute atomic E-state index is 0.0292. The zero-order valence-corrected chi connectivity index (χ0v) is 16.2. The van der Waals surface area contributed by atoms with E-state index in [1.165, 1.54) is 11.0 Å². The van der Waals surface area contributed by atoms with Crippen molar-refractivity contribution >= 4 is 22.7 Å². The van der Waals surface area contributed by atoms with Gasteiger partial charge in [0, 0.05) is 35.3 Å². The van der Waals surface area contributed by atoms with Gasteiger partial charge in [0.2, 0.25) is 0 Å². The van der Waals surface area contributed by atoms with Crippen LogP contribution in [0.25, 0.3) is 10.9 Å². The standard InChI is InChI=1S/C20H25N3O5/c1-13-15(16-12-14(23(26)27)6-7-17(16)21-13)8-11-22-18(24)28-20(19(22,2)25)9-4-3-5-10-20/h6-7,12,21,25H,3-5,8-11H2,1-2H3/t19-/m0/s1. The molecule has 2 fully saturated rings. The summed E-state index contributed by atoms with van der Waals surface area (Å²) in [5, 5.41) is 23.1. The molecule has 0 radical (unpaired) electrons. The van der Waals surface area contributed by atoms with Crippen LogP contribution in [0.15, 0.2) is 18.2 Å². The van der Waals surface area contributed by atoms with Crippen LogP contribution >= 0.6 is 0 Å². The predicted molar refractivity (Wildman–Crippen MR) is 103 cm³/mol. The van der Waals surface area contributed by atoms with Gasteiger partial charge in [-0.15, -0.1) is 0 Å². The summed E-state index contributed by atoms with van der Waals surface area (Å²) < 4.78 is 5.70. The number of nitrogens with zero attached hydrogens (tertiary/aromatic N) is 2. The fraction of sp³-hybridized carbons (Fsp3) is 0.550. The molecular formula is C20H25N3O5. The van der Waals surface area contributed by atoms with E-state index in [9.17, 15) is 20.0 Å². The number of nitro groups is 1. The number of non-ortho nitro benzene ring substituents is 1. The second-order valence-electron chi connectivity index (χ2n) is 8.06. The highest BCUT2D eigenvalue weighted by molar-refractivity contribution is 5.86. The van der Waals surface area contributed by atoms with Crippen LogP contribution < -0.4 is 0 Å². The van der Waals surface area contributed by atoms with Gasteiger partial charge in [0.05, 0.1) is 4.92 Å². The molecule has 1 aromatic heterocycles. The second kappa shape index (κ2) is 6.48. The highest BCUT2D eigenvalue weighted by Gasteiger charge is 2.61. The van der Waals surface area contributed by atoms with Crippen molar-refractivity contribution in [3.63, 3.8) is 0 Å². The lowest BCUT2D eigenvalue weighted by Gasteiger charge is -2.42. The molecule has 2 N–H and O–H groups in total. The summed E-state index contributed by atoms with van der Waals surface area (Å²) in [7, 11) is 0. The number of rotatable bonds is 4. The molecule has 1 atom stereocenters. The molecule has 8 nitrogen and oxygen atoms in total. The number of carbonyl (C=O) groups excluding carboxylic acids is 1. The van der Waals surface area contributed by atoms with Gasteiger partial charge in [0.15, 0.2) is 11.3 Å². The number of fused-ring (bicyclic) bond motifs is 1. The number of H-pyrrole nitrogens is 1. The lowest BCUT2D eigenvalue weighted by Crippen LogP contribution is -2.57. The highest BCUT2D eigenvalue weighted by Crippen LogP contribution is 2.47. The molecule has 0 unspecified atom stereocenters. The first-order chi connectivity index (χ1) is 13.2. The summed E-state index contributed by atoms with van der Waals surface area (Å²) in [6.45, 7) is 3.85. The summed E-state index contributed by atoms with van der Waals surface area (Å²) in [5.74, 6) is 0. The molecular weight excluding hydrogens is 362 g/mol. The van der Waals surface area contributed by atoms with Crippen LogP contribution in [0.3, 0.4) is 0 Å². The molecule has 2 aromatic rings. The fourth-order valence-corrected chi connectivity index (χ4v) is 4.78. The number of nitro benzene ring substituents is 1. The molecule has 2 heterocycles. The molecule has 0 bridgehead atoms. The van der Waals surface area contributed by atoms with E-state index in [0.717, 1.165) is 41.4 Å². The first kappa shape index (κ1) is 18.7. The fourth-order valence-electron chi connectivity index (χ4n) is 4.78. The second-order valence-corrected chi connectivity index (χ2v) is 8.06. The quantitative estimate of drug-likeness (QED) is 0.613. The Morgan fingerprint density at radius 1 is 1.32 bits per heavy atom. The molecule has 8 heteroatoms. The number of carbonyl (C=O) groups is 1. The summed E-state index contributed by atoms with van der Waals surface area (Å²) in [4.78, 5) is 27.9. The molecule has 1 saturated carbocycles. The molecule has 1 aromatic carbocycles. The number of nitrogens with one attached hydrogen (secondary N) is 1. The topological polar surface area (TPSA) is 109 Å². The van der Waals surface area contributed by atoms with E-state index in [0.29, 0.717) is 19.3 Å². The summed E-state index contributed by atoms with van der Waals surface area (Å²) in [6.07, 6.45) is 4.26. The highest BCUT2D eigenvalue weighted by atomic mass is 16.6. The van der Waals surface area contributed by atoms with Crippen LogP contribution in [0.4, 0.5) is 10.5 Å². The van der Waals surface area contributed by atoms with E-state index in [1.807, 2.05) is 6.92 Å². The number of benzene rings is 1. The van der Waals surface area contributed by atoms with Crippen molar-refractivity contribution in [2.45, 2.75) is 63.7 Å². The number of amides is 1. The van der Waals surface area contributed by atoms with E-state index in [2.05, 4.69) is 4.98 Å². The van der Waals surface area contributed by atoms with Crippen LogP contribution in [0.1, 0.15) is 50.3 Å². The Morgan fingerprint density at radius 2 is 2.04 bits per heavy atom. The lowest BCUT2D eigenvalue weighted by atomic mass is 9.77. The molecule has 150 valence electrons. The number of hydrogen-bond donors (Lipinski definition) is 2. The van der Waals surface area contributed by atoms with Gasteiger partial charge in [-0.2, -0.15) is 0 Å². The normalized spacial score (nSPS) is 24.1. The van der Waals surface area contributed by atoms with E-state index in [4.69, 9.17) is 4.74 Å². The third-order valence-corrected chi connectivity index (χ3v) is 6.45. The number of aryl methyl sites for hydroxylation is 1. The van der Waals surface area contributed by atoms with Crippen molar-refractivity contribution in [1.29, 1.82) is 0 Å². The Hall–Kier alpha value is -2.61. The van der Waals surface area contributed by atoms with Gasteiger partial charge in [-0.3, -0.25) is 15.0 Å². The number of hydrogen-bond acceptors (Lipinski definition) is 5. The third kappa shape index (κ3) is 2.74. The molecule has 28 heavy (non-hydrogen) atoms. The lowest BCUT2D eigenvalue weighted by molar-refractivity contribution is -0.384. The summed E-state index contributed by atoms with van der Waals surface area (Å²) in [6, 6.07) is 4.72. The Kier molecular flexibility index (Phi) is 4.33. The maximum absolute atomic E-state index is 12.6. The van der Waals surface area contributed by atoms with Crippen LogP contribution in [0.2, 0.25) is 0 Å². The molecule has 1 amide bonds. The molecule has 2 aliphatic rings. The zero-order valence-electron chi connectivity index (χ0n) is 16.2. The first-order valence-electron chi connectivity index (χ1n) is 9.74.